The van der Waals surface area contributed by atoms with Crippen LogP contribution >= 0.6 is 0 Å². The molecule has 1 heterocycles. The quantitative estimate of drug-likeness (QED) is 0.737. The molecule has 1 unspecified atom stereocenters. The zero-order valence-corrected chi connectivity index (χ0v) is 7.62. The molecule has 1 atom stereocenters. The van der Waals surface area contributed by atoms with Crippen LogP contribution < -0.4 is 5.32 Å². The maximum Gasteiger partial charge on any atom is 0.202 e. The third kappa shape index (κ3) is 1.44. The Labute approximate surface area is 72.8 Å². The van der Waals surface area contributed by atoms with Crippen LogP contribution in [0.15, 0.2) is 12.4 Å². The monoisotopic (exact) mass is 165 g/mol. The largest absolute Gasteiger partial charge is 0.353 e. The van der Waals surface area contributed by atoms with Crippen molar-refractivity contribution in [3.8, 4) is 0 Å². The second kappa shape index (κ2) is 2.81. The summed E-state index contributed by atoms with van der Waals surface area (Å²) in [5, 5.41) is 3.40. The molecular formula is C9H15N3. The van der Waals surface area contributed by atoms with E-state index in [1.807, 2.05) is 24.0 Å². The van der Waals surface area contributed by atoms with Crippen molar-refractivity contribution < 1.29 is 0 Å². The van der Waals surface area contributed by atoms with E-state index in [0.717, 1.165) is 11.9 Å². The molecule has 3 nitrogen and oxygen atoms in total. The van der Waals surface area contributed by atoms with Crippen LogP contribution in [0.25, 0.3) is 0 Å². The first-order valence-corrected chi connectivity index (χ1v) is 4.51. The highest BCUT2D eigenvalue weighted by atomic mass is 15.2. The number of nitrogens with zero attached hydrogens (tertiary/aromatic N) is 2. The summed E-state index contributed by atoms with van der Waals surface area (Å²) in [7, 11) is 2.01. The van der Waals surface area contributed by atoms with Gasteiger partial charge in [0.1, 0.15) is 0 Å². The minimum Gasteiger partial charge on any atom is -0.353 e. The average Bonchev–Trinajstić information content (AvgIpc) is 2.80. The lowest BCUT2D eigenvalue weighted by Gasteiger charge is -2.12. The number of aromatic nitrogens is 2. The molecule has 1 aliphatic carbocycles. The molecule has 3 heteroatoms. The van der Waals surface area contributed by atoms with E-state index in [1.54, 1.807) is 0 Å². The number of hydrogen-bond donors (Lipinski definition) is 1. The maximum atomic E-state index is 4.22. The van der Waals surface area contributed by atoms with Crippen molar-refractivity contribution in [3.63, 3.8) is 0 Å². The summed E-state index contributed by atoms with van der Waals surface area (Å²) in [5.41, 5.74) is 0. The molecule has 12 heavy (non-hydrogen) atoms. The molecule has 1 N–H and O–H groups in total. The SMILES string of the molecule is CC(Nc1nccn1C)C1CC1. The van der Waals surface area contributed by atoms with Crippen LogP contribution in [0, 0.1) is 5.92 Å². The Balaban J connectivity index is 1.97. The number of rotatable bonds is 3. The lowest BCUT2D eigenvalue weighted by Crippen LogP contribution is -2.19. The second-order valence-corrected chi connectivity index (χ2v) is 3.63. The standard InChI is InChI=1S/C9H15N3/c1-7(8-3-4-8)11-9-10-5-6-12(9)2/h5-8H,3-4H2,1-2H3,(H,10,11). The van der Waals surface area contributed by atoms with Gasteiger partial charge in [0.15, 0.2) is 0 Å². The molecule has 0 amide bonds. The van der Waals surface area contributed by atoms with Gasteiger partial charge in [-0.1, -0.05) is 0 Å². The molecule has 0 radical (unpaired) electrons. The molecular weight excluding hydrogens is 150 g/mol. The van der Waals surface area contributed by atoms with Gasteiger partial charge < -0.3 is 9.88 Å². The fourth-order valence-corrected chi connectivity index (χ4v) is 1.42. The summed E-state index contributed by atoms with van der Waals surface area (Å²) in [6.07, 6.45) is 6.53. The van der Waals surface area contributed by atoms with Gasteiger partial charge in [-0.15, -0.1) is 0 Å². The molecule has 0 bridgehead atoms. The minimum atomic E-state index is 0.575. The first-order chi connectivity index (χ1) is 5.77. The molecule has 2 rings (SSSR count). The van der Waals surface area contributed by atoms with Gasteiger partial charge in [-0.05, 0) is 25.7 Å². The van der Waals surface area contributed by atoms with Crippen LogP contribution in [0.3, 0.4) is 0 Å². The van der Waals surface area contributed by atoms with Gasteiger partial charge in [-0.2, -0.15) is 0 Å². The molecule has 1 saturated carbocycles. The van der Waals surface area contributed by atoms with E-state index >= 15 is 0 Å². The van der Waals surface area contributed by atoms with E-state index in [4.69, 9.17) is 0 Å². The fourth-order valence-electron chi connectivity index (χ4n) is 1.42. The fraction of sp³-hybridized carbons (Fsp3) is 0.667. The van der Waals surface area contributed by atoms with Crippen LogP contribution in [0.4, 0.5) is 5.95 Å². The molecule has 1 fully saturated rings. The van der Waals surface area contributed by atoms with Crippen LogP contribution in [0.2, 0.25) is 0 Å². The zero-order valence-electron chi connectivity index (χ0n) is 7.62. The van der Waals surface area contributed by atoms with E-state index in [9.17, 15) is 0 Å². The number of hydrogen-bond acceptors (Lipinski definition) is 2. The number of anilines is 1. The van der Waals surface area contributed by atoms with Crippen molar-refractivity contribution in [1.29, 1.82) is 0 Å². The van der Waals surface area contributed by atoms with Gasteiger partial charge in [0.25, 0.3) is 0 Å². The number of nitrogens with one attached hydrogen (secondary N) is 1. The van der Waals surface area contributed by atoms with Crippen molar-refractivity contribution in [2.75, 3.05) is 5.32 Å². The smallest absolute Gasteiger partial charge is 0.202 e. The Kier molecular flexibility index (Phi) is 1.79. The van der Waals surface area contributed by atoms with Crippen molar-refractivity contribution in [2.24, 2.45) is 13.0 Å². The highest BCUT2D eigenvalue weighted by Crippen LogP contribution is 2.33. The molecule has 1 aromatic heterocycles. The van der Waals surface area contributed by atoms with Gasteiger partial charge in [0.05, 0.1) is 0 Å². The van der Waals surface area contributed by atoms with Crippen molar-refractivity contribution in [1.82, 2.24) is 9.55 Å². The molecule has 0 saturated heterocycles. The Morgan fingerprint density at radius 2 is 2.42 bits per heavy atom. The third-order valence-electron chi connectivity index (χ3n) is 2.51. The zero-order chi connectivity index (χ0) is 8.55. The number of aryl methyl sites for hydroxylation is 1. The highest BCUT2D eigenvalue weighted by Gasteiger charge is 2.28. The summed E-state index contributed by atoms with van der Waals surface area (Å²) >= 11 is 0. The van der Waals surface area contributed by atoms with E-state index in [-0.39, 0.29) is 0 Å². The van der Waals surface area contributed by atoms with E-state index in [0.29, 0.717) is 6.04 Å². The summed E-state index contributed by atoms with van der Waals surface area (Å²) in [4.78, 5) is 4.22. The Morgan fingerprint density at radius 1 is 1.67 bits per heavy atom. The van der Waals surface area contributed by atoms with Crippen LogP contribution in [-0.4, -0.2) is 15.6 Å². The Morgan fingerprint density at radius 3 is 2.92 bits per heavy atom. The van der Waals surface area contributed by atoms with Crippen molar-refractivity contribution in [2.45, 2.75) is 25.8 Å². The molecule has 0 aliphatic heterocycles. The van der Waals surface area contributed by atoms with Crippen molar-refractivity contribution in [3.05, 3.63) is 12.4 Å². The van der Waals surface area contributed by atoms with E-state index in [1.165, 1.54) is 12.8 Å². The van der Waals surface area contributed by atoms with Crippen LogP contribution in [0.5, 0.6) is 0 Å². The molecule has 0 spiro atoms. The van der Waals surface area contributed by atoms with Gasteiger partial charge in [-0.3, -0.25) is 0 Å². The van der Waals surface area contributed by atoms with Gasteiger partial charge in [0, 0.05) is 25.5 Å². The maximum absolute atomic E-state index is 4.22. The summed E-state index contributed by atoms with van der Waals surface area (Å²) < 4.78 is 2.01. The van der Waals surface area contributed by atoms with Gasteiger partial charge >= 0.3 is 0 Å². The van der Waals surface area contributed by atoms with Crippen molar-refractivity contribution >= 4 is 5.95 Å². The summed E-state index contributed by atoms with van der Waals surface area (Å²) in [6.45, 7) is 2.23. The average molecular weight is 165 g/mol. The van der Waals surface area contributed by atoms with Crippen LogP contribution in [0.1, 0.15) is 19.8 Å². The second-order valence-electron chi connectivity index (χ2n) is 3.63. The van der Waals surface area contributed by atoms with E-state index < -0.39 is 0 Å². The predicted molar refractivity (Wildman–Crippen MR) is 49.0 cm³/mol. The highest BCUT2D eigenvalue weighted by molar-refractivity contribution is 5.27. The third-order valence-corrected chi connectivity index (χ3v) is 2.51. The molecule has 1 aromatic rings. The molecule has 0 aromatic carbocycles. The Hall–Kier alpha value is -0.990. The summed E-state index contributed by atoms with van der Waals surface area (Å²) in [5.74, 6) is 1.86. The lowest BCUT2D eigenvalue weighted by molar-refractivity contribution is 0.679. The topological polar surface area (TPSA) is 29.9 Å². The van der Waals surface area contributed by atoms with Crippen LogP contribution in [-0.2, 0) is 7.05 Å². The minimum absolute atomic E-state index is 0.575. The normalized spacial score (nSPS) is 19.2. The van der Waals surface area contributed by atoms with E-state index in [2.05, 4.69) is 17.2 Å². The first-order valence-electron chi connectivity index (χ1n) is 4.51. The first kappa shape index (κ1) is 7.65. The van der Waals surface area contributed by atoms with Gasteiger partial charge in [0.2, 0.25) is 5.95 Å². The lowest BCUT2D eigenvalue weighted by atomic mass is 10.2. The number of imidazole rings is 1. The molecule has 66 valence electrons. The Bertz CT molecular complexity index is 262. The van der Waals surface area contributed by atoms with Gasteiger partial charge in [-0.25, -0.2) is 4.98 Å². The summed E-state index contributed by atoms with van der Waals surface area (Å²) in [6, 6.07) is 0.575. The molecule has 1 aliphatic rings. The predicted octanol–water partition coefficient (Wildman–Crippen LogP) is 1.63.